The van der Waals surface area contributed by atoms with Crippen molar-refractivity contribution in [2.24, 2.45) is 0 Å². The van der Waals surface area contributed by atoms with Crippen LogP contribution in [0.25, 0.3) is 0 Å². The number of halogens is 3. The Bertz CT molecular complexity index is 1360. The number of hydrogen-bond acceptors (Lipinski definition) is 7. The first-order chi connectivity index (χ1) is 18.1. The molecule has 1 saturated carbocycles. The van der Waals surface area contributed by atoms with Crippen molar-refractivity contribution in [3.05, 3.63) is 77.4 Å². The molecule has 3 unspecified atom stereocenters. The fraction of sp³-hybridized carbons (Fsp3) is 0.393. The van der Waals surface area contributed by atoms with Gasteiger partial charge in [-0.05, 0) is 36.1 Å². The van der Waals surface area contributed by atoms with Crippen LogP contribution >= 0.6 is 0 Å². The molecule has 0 spiro atoms. The number of ether oxygens (including phenoxy) is 3. The fourth-order valence-electron chi connectivity index (χ4n) is 6.31. The van der Waals surface area contributed by atoms with Gasteiger partial charge in [-0.3, -0.25) is 0 Å². The predicted molar refractivity (Wildman–Crippen MR) is 132 cm³/mol. The van der Waals surface area contributed by atoms with E-state index in [1.165, 1.54) is 19.1 Å². The second kappa shape index (κ2) is 8.25. The predicted octanol–water partition coefficient (Wildman–Crippen LogP) is 4.27. The Labute approximate surface area is 217 Å². The molecule has 3 heterocycles. The molecule has 3 aromatic rings. The van der Waals surface area contributed by atoms with E-state index in [2.05, 4.69) is 4.98 Å². The van der Waals surface area contributed by atoms with Crippen molar-refractivity contribution < 1.29 is 37.6 Å². The SMILES string of the molecule is COc1cc2c(c(OC)n1)C1(O)CCC(c3ccccc3)C1(c1ccc(N3CC(O)(C(F)(F)F)C3)cc1)O2. The van der Waals surface area contributed by atoms with Crippen molar-refractivity contribution in [2.75, 3.05) is 32.2 Å². The number of anilines is 1. The molecule has 10 heteroatoms. The van der Waals surface area contributed by atoms with E-state index in [9.17, 15) is 23.4 Å². The minimum absolute atomic E-state index is 0.209. The number of hydrogen-bond donors (Lipinski definition) is 2. The zero-order chi connectivity index (χ0) is 26.9. The third-order valence-corrected chi connectivity index (χ3v) is 8.21. The van der Waals surface area contributed by atoms with Gasteiger partial charge in [0, 0.05) is 17.7 Å². The highest BCUT2D eigenvalue weighted by molar-refractivity contribution is 5.60. The fourth-order valence-corrected chi connectivity index (χ4v) is 6.31. The zero-order valence-electron chi connectivity index (χ0n) is 20.8. The topological polar surface area (TPSA) is 84.3 Å². The summed E-state index contributed by atoms with van der Waals surface area (Å²) in [5, 5.41) is 22.3. The third kappa shape index (κ3) is 3.26. The maximum atomic E-state index is 13.1. The highest BCUT2D eigenvalue weighted by Gasteiger charge is 2.70. The molecule has 2 fully saturated rings. The summed E-state index contributed by atoms with van der Waals surface area (Å²) >= 11 is 0. The summed E-state index contributed by atoms with van der Waals surface area (Å²) in [5.41, 5.74) is -2.83. The minimum atomic E-state index is -4.69. The lowest BCUT2D eigenvalue weighted by molar-refractivity contribution is -0.267. The van der Waals surface area contributed by atoms with Crippen LogP contribution in [0.5, 0.6) is 17.5 Å². The van der Waals surface area contributed by atoms with Crippen molar-refractivity contribution >= 4 is 5.69 Å². The first-order valence-electron chi connectivity index (χ1n) is 12.3. The quantitative estimate of drug-likeness (QED) is 0.512. The molecular weight excluding hydrogens is 501 g/mol. The molecule has 0 amide bonds. The molecule has 0 radical (unpaired) electrons. The van der Waals surface area contributed by atoms with Crippen LogP contribution in [-0.2, 0) is 11.2 Å². The summed E-state index contributed by atoms with van der Waals surface area (Å²) in [4.78, 5) is 5.86. The Morgan fingerprint density at radius 3 is 2.29 bits per heavy atom. The molecule has 6 rings (SSSR count). The highest BCUT2D eigenvalue weighted by atomic mass is 19.4. The standard InChI is InChI=1S/C28H27F3N2O5/c1-36-22-14-21-23(24(32-22)37-2)26(35)13-12-20(17-6-4-3-5-7-17)27(26,38-21)18-8-10-19(11-9-18)33-15-25(34,16-33)28(29,30)31/h3-11,14,20,34-35H,12-13,15-16H2,1-2H3. The van der Waals surface area contributed by atoms with Gasteiger partial charge < -0.3 is 29.3 Å². The summed E-state index contributed by atoms with van der Waals surface area (Å²) < 4.78 is 57.0. The first kappa shape index (κ1) is 24.8. The minimum Gasteiger partial charge on any atom is -0.481 e. The number of aromatic nitrogens is 1. The van der Waals surface area contributed by atoms with E-state index in [-0.39, 0.29) is 17.7 Å². The van der Waals surface area contributed by atoms with E-state index >= 15 is 0 Å². The van der Waals surface area contributed by atoms with Gasteiger partial charge in [-0.15, -0.1) is 0 Å². The largest absolute Gasteiger partial charge is 0.481 e. The highest BCUT2D eigenvalue weighted by Crippen LogP contribution is 2.68. The monoisotopic (exact) mass is 528 g/mol. The number of fused-ring (bicyclic) bond motifs is 3. The van der Waals surface area contributed by atoms with Crippen LogP contribution in [0.3, 0.4) is 0 Å². The van der Waals surface area contributed by atoms with Gasteiger partial charge in [0.1, 0.15) is 11.4 Å². The lowest BCUT2D eigenvalue weighted by atomic mass is 9.72. The molecule has 1 aromatic heterocycles. The molecule has 200 valence electrons. The van der Waals surface area contributed by atoms with Crippen LogP contribution in [0.1, 0.15) is 35.4 Å². The maximum absolute atomic E-state index is 13.1. The van der Waals surface area contributed by atoms with Crippen LogP contribution in [0.2, 0.25) is 0 Å². The molecule has 38 heavy (non-hydrogen) atoms. The number of β-amino-alcohol motifs (C(OH)–C–C–N with tert-alkyl or cyclic N) is 1. The summed E-state index contributed by atoms with van der Waals surface area (Å²) in [7, 11) is 2.95. The summed E-state index contributed by atoms with van der Waals surface area (Å²) in [6.45, 7) is -1.08. The number of aliphatic hydroxyl groups is 2. The molecule has 3 aliphatic rings. The molecule has 0 bridgehead atoms. The zero-order valence-corrected chi connectivity index (χ0v) is 20.8. The van der Waals surface area contributed by atoms with E-state index in [1.54, 1.807) is 30.3 Å². The van der Waals surface area contributed by atoms with Crippen LogP contribution in [0.4, 0.5) is 18.9 Å². The number of methoxy groups -OCH3 is 2. The Hall–Kier alpha value is -3.50. The Morgan fingerprint density at radius 1 is 1.00 bits per heavy atom. The van der Waals surface area contributed by atoms with Crippen LogP contribution in [-0.4, -0.2) is 54.3 Å². The molecule has 1 saturated heterocycles. The summed E-state index contributed by atoms with van der Waals surface area (Å²) in [5.74, 6) is 0.641. The molecule has 7 nitrogen and oxygen atoms in total. The molecule has 2 aromatic carbocycles. The van der Waals surface area contributed by atoms with E-state index in [4.69, 9.17) is 14.2 Å². The number of nitrogens with zero attached hydrogens (tertiary/aromatic N) is 2. The second-order valence-electron chi connectivity index (χ2n) is 10.2. The number of benzene rings is 2. The lowest BCUT2D eigenvalue weighted by Crippen LogP contribution is -2.69. The normalized spacial score (nSPS) is 27.2. The summed E-state index contributed by atoms with van der Waals surface area (Å²) in [6, 6.07) is 18.3. The average molecular weight is 529 g/mol. The first-order valence-corrected chi connectivity index (χ1v) is 12.3. The van der Waals surface area contributed by atoms with E-state index in [0.29, 0.717) is 35.4 Å². The Kier molecular flexibility index (Phi) is 5.39. The second-order valence-corrected chi connectivity index (χ2v) is 10.2. The Morgan fingerprint density at radius 2 is 1.68 bits per heavy atom. The number of rotatable bonds is 5. The maximum Gasteiger partial charge on any atom is 0.420 e. The van der Waals surface area contributed by atoms with Gasteiger partial charge in [0.2, 0.25) is 11.8 Å². The van der Waals surface area contributed by atoms with Crippen molar-refractivity contribution in [1.82, 2.24) is 4.98 Å². The van der Waals surface area contributed by atoms with E-state index in [1.807, 2.05) is 30.3 Å². The average Bonchev–Trinajstić information content (AvgIpc) is 3.33. The van der Waals surface area contributed by atoms with Crippen molar-refractivity contribution in [3.63, 3.8) is 0 Å². The molecule has 3 atom stereocenters. The van der Waals surface area contributed by atoms with Crippen molar-refractivity contribution in [2.45, 2.75) is 41.7 Å². The molecule has 1 aliphatic carbocycles. The van der Waals surface area contributed by atoms with Crippen LogP contribution in [0.15, 0.2) is 60.7 Å². The lowest BCUT2D eigenvalue weighted by Gasteiger charge is -2.48. The van der Waals surface area contributed by atoms with Crippen LogP contribution < -0.4 is 19.1 Å². The van der Waals surface area contributed by atoms with E-state index in [0.717, 1.165) is 5.56 Å². The third-order valence-electron chi connectivity index (χ3n) is 8.21. The number of pyridine rings is 1. The summed E-state index contributed by atoms with van der Waals surface area (Å²) in [6.07, 6.45) is -3.71. The van der Waals surface area contributed by atoms with Gasteiger partial charge in [0.25, 0.3) is 0 Å². The number of alkyl halides is 3. The smallest absolute Gasteiger partial charge is 0.420 e. The molecule has 2 N–H and O–H groups in total. The van der Waals surface area contributed by atoms with Gasteiger partial charge in [0.05, 0.1) is 32.9 Å². The van der Waals surface area contributed by atoms with Gasteiger partial charge in [0.15, 0.2) is 11.2 Å². The van der Waals surface area contributed by atoms with Crippen LogP contribution in [0, 0.1) is 0 Å². The van der Waals surface area contributed by atoms with Crippen molar-refractivity contribution in [1.29, 1.82) is 0 Å². The Balaban J connectivity index is 1.44. The van der Waals surface area contributed by atoms with Gasteiger partial charge in [-0.25, -0.2) is 0 Å². The molecule has 2 aliphatic heterocycles. The van der Waals surface area contributed by atoms with Gasteiger partial charge >= 0.3 is 6.18 Å². The van der Waals surface area contributed by atoms with Gasteiger partial charge in [-0.2, -0.15) is 18.2 Å². The molecular formula is C28H27F3N2O5. The van der Waals surface area contributed by atoms with Crippen molar-refractivity contribution in [3.8, 4) is 17.5 Å². The van der Waals surface area contributed by atoms with Gasteiger partial charge in [-0.1, -0.05) is 42.5 Å². The van der Waals surface area contributed by atoms with E-state index < -0.39 is 36.1 Å².